The van der Waals surface area contributed by atoms with Gasteiger partial charge in [0, 0.05) is 11.8 Å². The number of rotatable bonds is 6. The highest BCUT2D eigenvalue weighted by Crippen LogP contribution is 2.66. The van der Waals surface area contributed by atoms with Crippen LogP contribution < -0.4 is 0 Å². The number of alkyl halides is 18. The summed E-state index contributed by atoms with van der Waals surface area (Å²) < 4.78 is 255. The van der Waals surface area contributed by atoms with Crippen LogP contribution in [0, 0.1) is 23.7 Å². The van der Waals surface area contributed by atoms with Crippen molar-refractivity contribution in [1.82, 2.24) is 0 Å². The summed E-state index contributed by atoms with van der Waals surface area (Å²) in [6.45, 7) is 0. The minimum Gasteiger partial charge on any atom is -0.379 e. The van der Waals surface area contributed by atoms with Crippen molar-refractivity contribution in [3.8, 4) is 0 Å². The first kappa shape index (κ1) is 34.9. The standard InChI is InChI=1S/C22H20F18O2/c23-16(20(32,33)34,21(35,36)37)14(41,17(24,25)22(38,39)40)11-2-1-3-12(8-11)15(18(26,27)28,19(29,30)31)42-13-7-9-4-5-10(13)6-9/h4-5,9-13,41H,1-3,6-8H2. The summed E-state index contributed by atoms with van der Waals surface area (Å²) >= 11 is 0. The molecular weight excluding hydrogens is 638 g/mol. The molecule has 6 unspecified atom stereocenters. The van der Waals surface area contributed by atoms with Gasteiger partial charge in [-0.05, 0) is 43.9 Å². The van der Waals surface area contributed by atoms with Crippen LogP contribution in [0.25, 0.3) is 0 Å². The Labute approximate surface area is 224 Å². The number of hydrogen-bond acceptors (Lipinski definition) is 2. The van der Waals surface area contributed by atoms with Crippen molar-refractivity contribution in [2.75, 3.05) is 0 Å². The van der Waals surface area contributed by atoms with Crippen LogP contribution in [0.15, 0.2) is 12.2 Å². The summed E-state index contributed by atoms with van der Waals surface area (Å²) in [5.74, 6) is -16.9. The van der Waals surface area contributed by atoms with Crippen molar-refractivity contribution < 1.29 is 88.9 Å². The summed E-state index contributed by atoms with van der Waals surface area (Å²) in [6.07, 6.45) is -43.7. The highest BCUT2D eigenvalue weighted by molar-refractivity contribution is 5.21. The molecule has 2 saturated carbocycles. The number of ether oxygens (including phenoxy) is 1. The lowest BCUT2D eigenvalue weighted by Gasteiger charge is -2.54. The maximum atomic E-state index is 15.0. The Bertz CT molecular complexity index is 991. The number of halogens is 18. The monoisotopic (exact) mass is 658 g/mol. The fraction of sp³-hybridized carbons (Fsp3) is 0.909. The number of hydrogen-bond donors (Lipinski definition) is 1. The molecule has 6 atom stereocenters. The molecule has 0 amide bonds. The van der Waals surface area contributed by atoms with Gasteiger partial charge in [0.25, 0.3) is 5.60 Å². The van der Waals surface area contributed by atoms with Gasteiger partial charge in [-0.1, -0.05) is 18.6 Å². The second-order valence-corrected chi connectivity index (χ2v) is 10.7. The molecule has 0 saturated heterocycles. The largest absolute Gasteiger partial charge is 0.456 e. The predicted octanol–water partition coefficient (Wildman–Crippen LogP) is 8.40. The maximum absolute atomic E-state index is 15.0. The molecule has 20 heteroatoms. The van der Waals surface area contributed by atoms with Crippen LogP contribution in [0.5, 0.6) is 0 Å². The average molecular weight is 658 g/mol. The van der Waals surface area contributed by atoms with Gasteiger partial charge >= 0.3 is 42.5 Å². The van der Waals surface area contributed by atoms with Crippen molar-refractivity contribution in [2.24, 2.45) is 23.7 Å². The number of aliphatic hydroxyl groups is 1. The third-order valence-electron chi connectivity index (χ3n) is 8.38. The van der Waals surface area contributed by atoms with Gasteiger partial charge in [0.2, 0.25) is 0 Å². The Morgan fingerprint density at radius 2 is 1.02 bits per heavy atom. The van der Waals surface area contributed by atoms with Gasteiger partial charge in [-0.2, -0.15) is 74.6 Å². The molecular formula is C22H20F18O2. The fourth-order valence-electron chi connectivity index (χ4n) is 6.46. The Balaban J connectivity index is 2.25. The molecule has 0 heterocycles. The van der Waals surface area contributed by atoms with Gasteiger partial charge in [-0.15, -0.1) is 0 Å². The van der Waals surface area contributed by atoms with Gasteiger partial charge in [-0.25, -0.2) is 4.39 Å². The third kappa shape index (κ3) is 4.83. The third-order valence-corrected chi connectivity index (χ3v) is 8.38. The predicted molar refractivity (Wildman–Crippen MR) is 102 cm³/mol. The zero-order valence-corrected chi connectivity index (χ0v) is 20.4. The van der Waals surface area contributed by atoms with Gasteiger partial charge in [0.1, 0.15) is 0 Å². The quantitative estimate of drug-likeness (QED) is 0.230. The van der Waals surface area contributed by atoms with Crippen LogP contribution in [0.4, 0.5) is 79.0 Å². The van der Waals surface area contributed by atoms with E-state index in [1.165, 1.54) is 12.2 Å². The molecule has 2 bridgehead atoms. The van der Waals surface area contributed by atoms with Crippen molar-refractivity contribution >= 4 is 0 Å². The zero-order chi connectivity index (χ0) is 32.8. The number of fused-ring (bicyclic) bond motifs is 2. The molecule has 2 fully saturated rings. The molecule has 1 N–H and O–H groups in total. The van der Waals surface area contributed by atoms with Crippen molar-refractivity contribution in [2.45, 2.75) is 98.3 Å². The summed E-state index contributed by atoms with van der Waals surface area (Å²) in [5.41, 5.74) is -20.4. The molecule has 3 aliphatic carbocycles. The molecule has 3 rings (SSSR count). The summed E-state index contributed by atoms with van der Waals surface area (Å²) in [4.78, 5) is 0. The Morgan fingerprint density at radius 3 is 1.38 bits per heavy atom. The van der Waals surface area contributed by atoms with Gasteiger partial charge in [0.15, 0.2) is 5.60 Å². The summed E-state index contributed by atoms with van der Waals surface area (Å²) in [7, 11) is 0. The smallest absolute Gasteiger partial charge is 0.379 e. The molecule has 0 aromatic heterocycles. The van der Waals surface area contributed by atoms with Crippen LogP contribution in [-0.4, -0.2) is 64.9 Å². The van der Waals surface area contributed by atoms with E-state index in [9.17, 15) is 79.7 Å². The lowest BCUT2D eigenvalue weighted by atomic mass is 9.60. The summed E-state index contributed by atoms with van der Waals surface area (Å²) in [5, 5.41) is 10.2. The highest BCUT2D eigenvalue weighted by atomic mass is 19.4. The van der Waals surface area contributed by atoms with E-state index in [-0.39, 0.29) is 6.42 Å². The maximum Gasteiger partial charge on any atom is 0.456 e. The first-order valence-corrected chi connectivity index (χ1v) is 12.0. The first-order valence-electron chi connectivity index (χ1n) is 12.0. The number of allylic oxidation sites excluding steroid dienone is 1. The van der Waals surface area contributed by atoms with E-state index >= 15 is 4.39 Å². The van der Waals surface area contributed by atoms with Gasteiger partial charge in [0.05, 0.1) is 6.10 Å². The molecule has 3 aliphatic rings. The van der Waals surface area contributed by atoms with Crippen LogP contribution in [-0.2, 0) is 4.74 Å². The SMILES string of the molecule is OC(C1CCCC(C(OC2CC3C=CC2C3)(C(F)(F)F)C(F)(F)F)C1)(C(F)(F)C(F)(F)F)C(F)(C(F)(F)F)C(F)(F)F. The minimum absolute atomic E-state index is 0.00282. The molecule has 0 aromatic carbocycles. The molecule has 0 radical (unpaired) electrons. The topological polar surface area (TPSA) is 29.5 Å². The van der Waals surface area contributed by atoms with E-state index in [1.54, 1.807) is 0 Å². The van der Waals surface area contributed by atoms with Crippen LogP contribution >= 0.6 is 0 Å². The first-order chi connectivity index (χ1) is 18.5. The Hall–Kier alpha value is -1.60. The highest BCUT2D eigenvalue weighted by Gasteiger charge is 2.92. The van der Waals surface area contributed by atoms with Crippen molar-refractivity contribution in [3.63, 3.8) is 0 Å². The Kier molecular flexibility index (Phi) is 8.27. The molecule has 0 aromatic rings. The lowest BCUT2D eigenvalue weighted by molar-refractivity contribution is -0.457. The molecule has 0 spiro atoms. The summed E-state index contributed by atoms with van der Waals surface area (Å²) in [6, 6.07) is 0. The van der Waals surface area contributed by atoms with Gasteiger partial charge < -0.3 is 9.84 Å². The van der Waals surface area contributed by atoms with E-state index in [0.29, 0.717) is 0 Å². The molecule has 0 aliphatic heterocycles. The molecule has 246 valence electrons. The van der Waals surface area contributed by atoms with Crippen molar-refractivity contribution in [1.29, 1.82) is 0 Å². The van der Waals surface area contributed by atoms with Crippen LogP contribution in [0.1, 0.15) is 38.5 Å². The van der Waals surface area contributed by atoms with Crippen molar-refractivity contribution in [3.05, 3.63) is 12.2 Å². The van der Waals surface area contributed by atoms with Crippen LogP contribution in [0.3, 0.4) is 0 Å². The fourth-order valence-corrected chi connectivity index (χ4v) is 6.46. The van der Waals surface area contributed by atoms with E-state index in [4.69, 9.17) is 0 Å². The minimum atomic E-state index is -7.88. The second-order valence-electron chi connectivity index (χ2n) is 10.7. The Morgan fingerprint density at radius 1 is 0.548 bits per heavy atom. The van der Waals surface area contributed by atoms with E-state index in [2.05, 4.69) is 4.74 Å². The second kappa shape index (κ2) is 9.95. The molecule has 2 nitrogen and oxygen atoms in total. The zero-order valence-electron chi connectivity index (χ0n) is 20.4. The molecule has 42 heavy (non-hydrogen) atoms. The average Bonchev–Trinajstić information content (AvgIpc) is 3.40. The van der Waals surface area contributed by atoms with E-state index < -0.39 is 116 Å². The normalized spacial score (nSPS) is 30.1. The lowest BCUT2D eigenvalue weighted by Crippen LogP contribution is -2.79. The van der Waals surface area contributed by atoms with E-state index in [1.807, 2.05) is 0 Å². The van der Waals surface area contributed by atoms with E-state index in [0.717, 1.165) is 0 Å². The van der Waals surface area contributed by atoms with Gasteiger partial charge in [-0.3, -0.25) is 0 Å². The van der Waals surface area contributed by atoms with Crippen LogP contribution in [0.2, 0.25) is 0 Å².